The largest absolute Gasteiger partial charge is 0.496 e. The van der Waals surface area contributed by atoms with Gasteiger partial charge in [-0.2, -0.15) is 0 Å². The van der Waals surface area contributed by atoms with Crippen LogP contribution in [0.5, 0.6) is 11.5 Å². The van der Waals surface area contributed by atoms with Crippen LogP contribution in [0.3, 0.4) is 0 Å². The Bertz CT molecular complexity index is 1240. The number of methoxy groups -OCH3 is 1. The average Bonchev–Trinajstić information content (AvgIpc) is 3.17. The van der Waals surface area contributed by atoms with E-state index in [1.165, 1.54) is 0 Å². The van der Waals surface area contributed by atoms with Gasteiger partial charge in [-0.1, -0.05) is 18.2 Å². The third kappa shape index (κ3) is 4.56. The highest BCUT2D eigenvalue weighted by molar-refractivity contribution is 9.10. The lowest BCUT2D eigenvalue weighted by Crippen LogP contribution is -2.42. The molecule has 0 aliphatic heterocycles. The second-order valence-electron chi connectivity index (χ2n) is 7.43. The summed E-state index contributed by atoms with van der Waals surface area (Å²) >= 11 is 3.48. The Morgan fingerprint density at radius 2 is 1.84 bits per heavy atom. The van der Waals surface area contributed by atoms with Crippen LogP contribution in [-0.2, 0) is 4.79 Å². The van der Waals surface area contributed by atoms with Crippen LogP contribution >= 0.6 is 15.9 Å². The minimum Gasteiger partial charge on any atom is -0.496 e. The van der Waals surface area contributed by atoms with Gasteiger partial charge < -0.3 is 19.2 Å². The zero-order valence-electron chi connectivity index (χ0n) is 17.3. The number of ether oxygens (including phenoxy) is 2. The SMILES string of the molecule is COc1ccc(-c2nc3cc(NC(=O)C(C)(C)Oc4ccccc4)ccc3o2)cc1Br. The second-order valence-corrected chi connectivity index (χ2v) is 8.28. The summed E-state index contributed by atoms with van der Waals surface area (Å²) in [6.07, 6.45) is 0. The first-order valence-corrected chi connectivity index (χ1v) is 10.4. The Kier molecular flexibility index (Phi) is 5.69. The molecule has 0 saturated carbocycles. The maximum absolute atomic E-state index is 12.8. The van der Waals surface area contributed by atoms with Gasteiger partial charge >= 0.3 is 0 Å². The number of hydrogen-bond donors (Lipinski definition) is 1. The topological polar surface area (TPSA) is 73.6 Å². The Balaban J connectivity index is 1.54. The van der Waals surface area contributed by atoms with Gasteiger partial charge in [0.2, 0.25) is 5.89 Å². The van der Waals surface area contributed by atoms with E-state index in [4.69, 9.17) is 13.9 Å². The normalized spacial score (nSPS) is 11.4. The van der Waals surface area contributed by atoms with Crippen molar-refractivity contribution in [2.75, 3.05) is 12.4 Å². The average molecular weight is 481 g/mol. The number of benzene rings is 3. The van der Waals surface area contributed by atoms with Gasteiger partial charge in [-0.25, -0.2) is 4.98 Å². The molecule has 3 aromatic carbocycles. The van der Waals surface area contributed by atoms with E-state index in [0.29, 0.717) is 28.4 Å². The quantitative estimate of drug-likeness (QED) is 0.362. The molecule has 1 heterocycles. The van der Waals surface area contributed by atoms with Gasteiger partial charge in [0.05, 0.1) is 11.6 Å². The van der Waals surface area contributed by atoms with E-state index in [0.717, 1.165) is 15.8 Å². The lowest BCUT2D eigenvalue weighted by molar-refractivity contribution is -0.128. The van der Waals surface area contributed by atoms with E-state index in [1.54, 1.807) is 39.2 Å². The Morgan fingerprint density at radius 1 is 1.06 bits per heavy atom. The predicted octanol–water partition coefficient (Wildman–Crippen LogP) is 6.06. The molecule has 0 unspecified atom stereocenters. The Labute approximate surface area is 188 Å². The van der Waals surface area contributed by atoms with E-state index in [1.807, 2.05) is 48.5 Å². The molecule has 31 heavy (non-hydrogen) atoms. The van der Waals surface area contributed by atoms with Gasteiger partial charge in [0.1, 0.15) is 17.0 Å². The zero-order chi connectivity index (χ0) is 22.0. The fourth-order valence-electron chi connectivity index (χ4n) is 3.04. The van der Waals surface area contributed by atoms with Crippen LogP contribution in [0.15, 0.2) is 75.6 Å². The summed E-state index contributed by atoms with van der Waals surface area (Å²) in [7, 11) is 1.61. The molecule has 0 radical (unpaired) electrons. The molecular formula is C24H21BrN2O4. The number of oxazole rings is 1. The summed E-state index contributed by atoms with van der Waals surface area (Å²) in [5.41, 5.74) is 1.63. The molecule has 0 bridgehead atoms. The fraction of sp³-hybridized carbons (Fsp3) is 0.167. The van der Waals surface area contributed by atoms with E-state index in [9.17, 15) is 4.79 Å². The number of amides is 1. The molecule has 1 amide bonds. The number of halogens is 1. The molecule has 0 fully saturated rings. The molecule has 6 nitrogen and oxygen atoms in total. The standard InChI is InChI=1S/C24H21BrN2O4/c1-24(2,31-17-7-5-4-6-8-17)23(28)26-16-10-12-21-19(14-16)27-22(30-21)15-9-11-20(29-3)18(25)13-15/h4-14H,1-3H3,(H,26,28). The third-order valence-electron chi connectivity index (χ3n) is 4.71. The number of fused-ring (bicyclic) bond motifs is 1. The van der Waals surface area contributed by atoms with Crippen molar-refractivity contribution >= 4 is 38.6 Å². The van der Waals surface area contributed by atoms with Crippen molar-refractivity contribution in [1.82, 2.24) is 4.98 Å². The first kappa shape index (κ1) is 20.9. The van der Waals surface area contributed by atoms with Gasteiger partial charge in [0.15, 0.2) is 11.2 Å². The van der Waals surface area contributed by atoms with Crippen LogP contribution in [0.1, 0.15) is 13.8 Å². The number of carbonyl (C=O) groups is 1. The maximum atomic E-state index is 12.8. The number of nitrogens with one attached hydrogen (secondary N) is 1. The molecule has 4 rings (SSSR count). The van der Waals surface area contributed by atoms with Crippen molar-refractivity contribution in [2.45, 2.75) is 19.4 Å². The predicted molar refractivity (Wildman–Crippen MR) is 123 cm³/mol. The van der Waals surface area contributed by atoms with E-state index in [-0.39, 0.29) is 5.91 Å². The fourth-order valence-corrected chi connectivity index (χ4v) is 3.58. The monoisotopic (exact) mass is 480 g/mol. The molecular weight excluding hydrogens is 460 g/mol. The number of anilines is 1. The molecule has 0 saturated heterocycles. The highest BCUT2D eigenvalue weighted by Crippen LogP contribution is 2.32. The molecule has 158 valence electrons. The molecule has 1 N–H and O–H groups in total. The zero-order valence-corrected chi connectivity index (χ0v) is 18.9. The molecule has 0 spiro atoms. The molecule has 0 atom stereocenters. The molecule has 1 aromatic heterocycles. The highest BCUT2D eigenvalue weighted by Gasteiger charge is 2.30. The van der Waals surface area contributed by atoms with E-state index < -0.39 is 5.60 Å². The summed E-state index contributed by atoms with van der Waals surface area (Å²) < 4.78 is 17.8. The Morgan fingerprint density at radius 3 is 2.55 bits per heavy atom. The number of nitrogens with zero attached hydrogens (tertiary/aromatic N) is 1. The summed E-state index contributed by atoms with van der Waals surface area (Å²) in [5, 5.41) is 2.90. The van der Waals surface area contributed by atoms with E-state index >= 15 is 0 Å². The third-order valence-corrected chi connectivity index (χ3v) is 5.33. The highest BCUT2D eigenvalue weighted by atomic mass is 79.9. The number of hydrogen-bond acceptors (Lipinski definition) is 5. The number of rotatable bonds is 6. The van der Waals surface area contributed by atoms with Gasteiger partial charge in [-0.05, 0) is 78.3 Å². The van der Waals surface area contributed by atoms with Crippen molar-refractivity contribution in [3.8, 4) is 23.0 Å². The van der Waals surface area contributed by atoms with Crippen molar-refractivity contribution in [3.63, 3.8) is 0 Å². The molecule has 7 heteroatoms. The maximum Gasteiger partial charge on any atom is 0.267 e. The van der Waals surface area contributed by atoms with Crippen molar-refractivity contribution in [1.29, 1.82) is 0 Å². The molecule has 0 aliphatic rings. The van der Waals surface area contributed by atoms with Crippen LogP contribution in [0.25, 0.3) is 22.6 Å². The van der Waals surface area contributed by atoms with Crippen LogP contribution in [-0.4, -0.2) is 23.6 Å². The van der Waals surface area contributed by atoms with E-state index in [2.05, 4.69) is 26.2 Å². The number of para-hydroxylation sites is 1. The molecule has 4 aromatic rings. The van der Waals surface area contributed by atoms with Crippen molar-refractivity contribution in [3.05, 3.63) is 71.2 Å². The summed E-state index contributed by atoms with van der Waals surface area (Å²) in [6.45, 7) is 3.45. The summed E-state index contributed by atoms with van der Waals surface area (Å²) in [6, 6.07) is 20.2. The van der Waals surface area contributed by atoms with Crippen LogP contribution in [0.2, 0.25) is 0 Å². The van der Waals surface area contributed by atoms with Crippen molar-refractivity contribution < 1.29 is 18.7 Å². The minimum absolute atomic E-state index is 0.265. The summed E-state index contributed by atoms with van der Waals surface area (Å²) in [4.78, 5) is 17.4. The second kappa shape index (κ2) is 8.43. The molecule has 0 aliphatic carbocycles. The van der Waals surface area contributed by atoms with Crippen LogP contribution in [0.4, 0.5) is 5.69 Å². The smallest absolute Gasteiger partial charge is 0.267 e. The number of carbonyl (C=O) groups excluding carboxylic acids is 1. The van der Waals surface area contributed by atoms with Crippen LogP contribution in [0, 0.1) is 0 Å². The minimum atomic E-state index is -1.05. The lowest BCUT2D eigenvalue weighted by Gasteiger charge is -2.25. The van der Waals surface area contributed by atoms with Crippen molar-refractivity contribution in [2.24, 2.45) is 0 Å². The lowest BCUT2D eigenvalue weighted by atomic mass is 10.1. The Hall–Kier alpha value is -3.32. The van der Waals surface area contributed by atoms with Gasteiger partial charge in [-0.3, -0.25) is 4.79 Å². The van der Waals surface area contributed by atoms with Gasteiger partial charge in [0, 0.05) is 11.3 Å². The van der Waals surface area contributed by atoms with Crippen LogP contribution < -0.4 is 14.8 Å². The first-order chi connectivity index (χ1) is 14.9. The van der Waals surface area contributed by atoms with Gasteiger partial charge in [0.25, 0.3) is 5.91 Å². The number of aromatic nitrogens is 1. The van der Waals surface area contributed by atoms with Gasteiger partial charge in [-0.15, -0.1) is 0 Å². The first-order valence-electron chi connectivity index (χ1n) is 9.66. The summed E-state index contributed by atoms with van der Waals surface area (Å²) in [5.74, 6) is 1.57.